The molecule has 1 rings (SSSR count). The zero-order valence-electron chi connectivity index (χ0n) is 11.1. The van der Waals surface area contributed by atoms with Crippen molar-refractivity contribution in [1.82, 2.24) is 5.32 Å². The molecular formula is C12H25NO2S. The first-order valence-electron chi connectivity index (χ1n) is 6.01. The van der Waals surface area contributed by atoms with Gasteiger partial charge in [-0.2, -0.15) is 0 Å². The van der Waals surface area contributed by atoms with E-state index in [4.69, 9.17) is 0 Å². The molecule has 0 aromatic rings. The molecule has 1 aliphatic rings. The van der Waals surface area contributed by atoms with Crippen molar-refractivity contribution < 1.29 is 8.42 Å². The van der Waals surface area contributed by atoms with E-state index in [1.807, 2.05) is 0 Å². The third kappa shape index (κ3) is 2.98. The summed E-state index contributed by atoms with van der Waals surface area (Å²) < 4.78 is 22.4. The molecule has 4 heteroatoms. The van der Waals surface area contributed by atoms with Crippen LogP contribution in [0.5, 0.6) is 0 Å². The van der Waals surface area contributed by atoms with Gasteiger partial charge in [-0.3, -0.25) is 0 Å². The molecule has 1 aliphatic carbocycles. The van der Waals surface area contributed by atoms with Crippen LogP contribution in [-0.4, -0.2) is 32.5 Å². The van der Waals surface area contributed by atoms with Gasteiger partial charge in [-0.15, -0.1) is 0 Å². The lowest BCUT2D eigenvalue weighted by Gasteiger charge is -2.26. The van der Waals surface area contributed by atoms with Gasteiger partial charge in [0.1, 0.15) is 0 Å². The lowest BCUT2D eigenvalue weighted by molar-refractivity contribution is 0.333. The number of nitrogens with one attached hydrogen (secondary N) is 1. The van der Waals surface area contributed by atoms with Crippen molar-refractivity contribution in [2.45, 2.75) is 45.3 Å². The van der Waals surface area contributed by atoms with Crippen molar-refractivity contribution in [1.29, 1.82) is 0 Å². The highest BCUT2D eigenvalue weighted by Gasteiger charge is 2.45. The maximum Gasteiger partial charge on any atom is 0.153 e. The first-order chi connectivity index (χ1) is 7.11. The van der Waals surface area contributed by atoms with E-state index in [2.05, 4.69) is 19.2 Å². The molecular weight excluding hydrogens is 222 g/mol. The van der Waals surface area contributed by atoms with Crippen LogP contribution in [0.25, 0.3) is 0 Å². The summed E-state index contributed by atoms with van der Waals surface area (Å²) in [6, 6.07) is 0. The number of rotatable bonds is 6. The van der Waals surface area contributed by atoms with Gasteiger partial charge in [0.2, 0.25) is 0 Å². The third-order valence-electron chi connectivity index (χ3n) is 4.15. The van der Waals surface area contributed by atoms with Gasteiger partial charge in [0.15, 0.2) is 9.84 Å². The van der Waals surface area contributed by atoms with Crippen molar-refractivity contribution >= 4 is 9.84 Å². The fraction of sp³-hybridized carbons (Fsp3) is 1.00. The van der Waals surface area contributed by atoms with Crippen LogP contribution in [0.2, 0.25) is 0 Å². The van der Waals surface area contributed by atoms with Crippen LogP contribution >= 0.6 is 0 Å². The summed E-state index contributed by atoms with van der Waals surface area (Å²) >= 11 is 0. The summed E-state index contributed by atoms with van der Waals surface area (Å²) in [5.41, 5.74) is 0.438. The second-order valence-electron chi connectivity index (χ2n) is 6.15. The molecule has 0 atom stereocenters. The molecule has 0 unspecified atom stereocenters. The summed E-state index contributed by atoms with van der Waals surface area (Å²) in [6.07, 6.45) is 3.86. The zero-order valence-corrected chi connectivity index (χ0v) is 11.9. The molecule has 0 amide bonds. The Labute approximate surface area is 99.9 Å². The van der Waals surface area contributed by atoms with Gasteiger partial charge in [0, 0.05) is 19.3 Å². The topological polar surface area (TPSA) is 46.2 Å². The smallest absolute Gasteiger partial charge is 0.153 e. The predicted molar refractivity (Wildman–Crippen MR) is 68.3 cm³/mol. The fourth-order valence-corrected chi connectivity index (χ4v) is 2.23. The monoisotopic (exact) mass is 247 g/mol. The van der Waals surface area contributed by atoms with Crippen molar-refractivity contribution in [3.8, 4) is 0 Å². The Hall–Kier alpha value is -0.0900. The summed E-state index contributed by atoms with van der Waals surface area (Å²) in [5, 5.41) is 3.34. The number of hydrogen-bond donors (Lipinski definition) is 1. The van der Waals surface area contributed by atoms with Crippen molar-refractivity contribution in [2.75, 3.05) is 19.3 Å². The Morgan fingerprint density at radius 1 is 1.31 bits per heavy atom. The van der Waals surface area contributed by atoms with Crippen molar-refractivity contribution in [2.24, 2.45) is 11.3 Å². The van der Waals surface area contributed by atoms with Crippen LogP contribution < -0.4 is 5.32 Å². The average molecular weight is 247 g/mol. The van der Waals surface area contributed by atoms with E-state index in [-0.39, 0.29) is 0 Å². The molecule has 1 fully saturated rings. The summed E-state index contributed by atoms with van der Waals surface area (Å²) in [7, 11) is -2.98. The van der Waals surface area contributed by atoms with E-state index < -0.39 is 14.6 Å². The maximum absolute atomic E-state index is 11.5. The molecule has 3 nitrogen and oxygen atoms in total. The lowest BCUT2D eigenvalue weighted by atomic mass is 9.92. The van der Waals surface area contributed by atoms with Crippen molar-refractivity contribution in [3.63, 3.8) is 0 Å². The lowest BCUT2D eigenvalue weighted by Crippen LogP contribution is -2.43. The highest BCUT2D eigenvalue weighted by Crippen LogP contribution is 2.51. The molecule has 0 heterocycles. The van der Waals surface area contributed by atoms with Gasteiger partial charge < -0.3 is 5.32 Å². The highest BCUT2D eigenvalue weighted by atomic mass is 32.2. The average Bonchev–Trinajstić information content (AvgIpc) is 2.82. The number of sulfone groups is 1. The second kappa shape index (κ2) is 4.30. The minimum absolute atomic E-state index is 0.438. The van der Waals surface area contributed by atoms with Crippen LogP contribution in [-0.2, 0) is 9.84 Å². The van der Waals surface area contributed by atoms with Gasteiger partial charge in [0.25, 0.3) is 0 Å². The van der Waals surface area contributed by atoms with Gasteiger partial charge in [0.05, 0.1) is 4.75 Å². The molecule has 96 valence electrons. The minimum atomic E-state index is -2.98. The van der Waals surface area contributed by atoms with E-state index in [0.717, 1.165) is 6.54 Å². The van der Waals surface area contributed by atoms with Crippen LogP contribution in [0.4, 0.5) is 0 Å². The molecule has 0 aromatic heterocycles. The van der Waals surface area contributed by atoms with E-state index in [1.165, 1.54) is 19.1 Å². The van der Waals surface area contributed by atoms with Gasteiger partial charge in [-0.05, 0) is 38.0 Å². The molecule has 0 radical (unpaired) electrons. The van der Waals surface area contributed by atoms with Gasteiger partial charge in [-0.25, -0.2) is 8.42 Å². The molecule has 1 N–H and O–H groups in total. The van der Waals surface area contributed by atoms with E-state index >= 15 is 0 Å². The Morgan fingerprint density at radius 2 is 1.81 bits per heavy atom. The molecule has 0 aromatic carbocycles. The molecule has 0 spiro atoms. The predicted octanol–water partition coefficient (Wildman–Crippen LogP) is 1.84. The molecule has 0 aliphatic heterocycles. The first-order valence-corrected chi connectivity index (χ1v) is 7.90. The highest BCUT2D eigenvalue weighted by molar-refractivity contribution is 7.92. The van der Waals surface area contributed by atoms with E-state index in [9.17, 15) is 8.42 Å². The van der Waals surface area contributed by atoms with Crippen LogP contribution in [0.3, 0.4) is 0 Å². The molecule has 0 bridgehead atoms. The summed E-state index contributed by atoms with van der Waals surface area (Å²) in [5.74, 6) is 0.682. The minimum Gasteiger partial charge on any atom is -0.315 e. The summed E-state index contributed by atoms with van der Waals surface area (Å²) in [6.45, 7) is 9.55. The first kappa shape index (κ1) is 14.0. The quantitative estimate of drug-likeness (QED) is 0.779. The Bertz CT molecular complexity index is 340. The molecule has 0 saturated heterocycles. The van der Waals surface area contributed by atoms with Gasteiger partial charge in [-0.1, -0.05) is 13.8 Å². The van der Waals surface area contributed by atoms with Crippen LogP contribution in [0.15, 0.2) is 0 Å². The van der Waals surface area contributed by atoms with E-state index in [1.54, 1.807) is 13.8 Å². The zero-order chi connectivity index (χ0) is 12.6. The largest absolute Gasteiger partial charge is 0.315 e. The van der Waals surface area contributed by atoms with Crippen LogP contribution in [0.1, 0.15) is 40.5 Å². The molecule has 16 heavy (non-hydrogen) atoms. The standard InChI is InChI=1S/C12H25NO2S/c1-10(2)12(6-7-12)9-13-8-11(3,4)16(5,14)15/h10,13H,6-9H2,1-5H3. The number of hydrogen-bond acceptors (Lipinski definition) is 3. The van der Waals surface area contributed by atoms with E-state index in [0.29, 0.717) is 17.9 Å². The Kier molecular flexibility index (Phi) is 3.75. The second-order valence-corrected chi connectivity index (χ2v) is 8.80. The van der Waals surface area contributed by atoms with Crippen molar-refractivity contribution in [3.05, 3.63) is 0 Å². The SMILES string of the molecule is CC(C)C1(CNCC(C)(C)S(C)(=O)=O)CC1. The Balaban J connectivity index is 2.42. The van der Waals surface area contributed by atoms with Crippen LogP contribution in [0, 0.1) is 11.3 Å². The fourth-order valence-electron chi connectivity index (χ4n) is 1.86. The third-order valence-corrected chi connectivity index (χ3v) is 6.30. The Morgan fingerprint density at radius 3 is 2.12 bits per heavy atom. The summed E-state index contributed by atoms with van der Waals surface area (Å²) in [4.78, 5) is 0. The maximum atomic E-state index is 11.5. The van der Waals surface area contributed by atoms with Gasteiger partial charge >= 0.3 is 0 Å². The normalized spacial score (nSPS) is 20.1. The molecule has 1 saturated carbocycles.